The van der Waals surface area contributed by atoms with Gasteiger partial charge in [-0.3, -0.25) is 0 Å². The molecular weight excluding hydrogens is 160 g/mol. The third-order valence-electron chi connectivity index (χ3n) is 3.02. The maximum Gasteiger partial charge on any atom is 0.0659 e. The molecule has 0 saturated heterocycles. The minimum absolute atomic E-state index is 0.304. The average Bonchev–Trinajstić information content (AvgIpc) is 1.58. The summed E-state index contributed by atoms with van der Waals surface area (Å²) in [5.41, 5.74) is -1.06. The number of hydrogen-bond donors (Lipinski definition) is 1. The molecule has 0 bridgehead atoms. The van der Waals surface area contributed by atoms with Crippen LogP contribution < -0.4 is 0 Å². The standard InChI is InChI=1S/C9H19ClO/c1-7(2,8(3,4)10)9(5,6)11/h11H,1-6H3. The summed E-state index contributed by atoms with van der Waals surface area (Å²) < 4.78 is 0. The van der Waals surface area contributed by atoms with Crippen LogP contribution in [0, 0.1) is 5.41 Å². The van der Waals surface area contributed by atoms with Crippen LogP contribution in [0.5, 0.6) is 0 Å². The minimum atomic E-state index is -0.752. The topological polar surface area (TPSA) is 20.2 Å². The summed E-state index contributed by atoms with van der Waals surface area (Å²) in [6.45, 7) is 11.4. The maximum atomic E-state index is 9.80. The van der Waals surface area contributed by atoms with Crippen molar-refractivity contribution < 1.29 is 5.11 Å². The molecule has 0 aromatic carbocycles. The molecule has 0 unspecified atom stereocenters. The van der Waals surface area contributed by atoms with Gasteiger partial charge in [-0.1, -0.05) is 13.8 Å². The molecule has 0 aromatic rings. The molecule has 68 valence electrons. The van der Waals surface area contributed by atoms with Gasteiger partial charge in [0.1, 0.15) is 0 Å². The Kier molecular flexibility index (Phi) is 2.69. The second kappa shape index (κ2) is 2.63. The van der Waals surface area contributed by atoms with E-state index in [4.69, 9.17) is 11.6 Å². The molecule has 1 N–H and O–H groups in total. The zero-order chi connectivity index (χ0) is 9.50. The summed E-state index contributed by atoms with van der Waals surface area (Å²) in [4.78, 5) is -0.398. The normalized spacial score (nSPS) is 15.3. The predicted octanol–water partition coefficient (Wildman–Crippen LogP) is 2.80. The fourth-order valence-electron chi connectivity index (χ4n) is 0.727. The molecule has 0 aliphatic carbocycles. The van der Waals surface area contributed by atoms with Crippen LogP contribution in [0.15, 0.2) is 0 Å². The molecule has 0 radical (unpaired) electrons. The second-order valence-corrected chi connectivity index (χ2v) is 5.60. The second-order valence-electron chi connectivity index (χ2n) is 4.66. The monoisotopic (exact) mass is 178 g/mol. The van der Waals surface area contributed by atoms with Crippen LogP contribution in [0.4, 0.5) is 0 Å². The summed E-state index contributed by atoms with van der Waals surface area (Å²) in [6, 6.07) is 0. The Bertz CT molecular complexity index is 121. The molecule has 0 rings (SSSR count). The van der Waals surface area contributed by atoms with Crippen molar-refractivity contribution in [3.8, 4) is 0 Å². The number of aliphatic hydroxyl groups is 1. The Morgan fingerprint density at radius 2 is 1.18 bits per heavy atom. The lowest BCUT2D eigenvalue weighted by Crippen LogP contribution is -2.50. The van der Waals surface area contributed by atoms with E-state index in [-0.39, 0.29) is 5.41 Å². The number of halogens is 1. The first-order chi connectivity index (χ1) is 4.50. The summed E-state index contributed by atoms with van der Waals surface area (Å²) in [5.74, 6) is 0. The van der Waals surface area contributed by atoms with Gasteiger partial charge in [-0.2, -0.15) is 0 Å². The zero-order valence-corrected chi connectivity index (χ0v) is 9.08. The van der Waals surface area contributed by atoms with Crippen molar-refractivity contribution in [2.24, 2.45) is 5.41 Å². The van der Waals surface area contributed by atoms with Crippen LogP contribution >= 0.6 is 11.6 Å². The average molecular weight is 179 g/mol. The van der Waals surface area contributed by atoms with Gasteiger partial charge in [0.05, 0.1) is 5.60 Å². The molecule has 0 aliphatic heterocycles. The van der Waals surface area contributed by atoms with E-state index in [1.807, 2.05) is 27.7 Å². The van der Waals surface area contributed by atoms with Gasteiger partial charge in [0, 0.05) is 10.3 Å². The zero-order valence-electron chi connectivity index (χ0n) is 8.33. The van der Waals surface area contributed by atoms with Crippen LogP contribution in [-0.2, 0) is 0 Å². The van der Waals surface area contributed by atoms with Gasteiger partial charge in [-0.05, 0) is 27.7 Å². The van der Waals surface area contributed by atoms with Crippen molar-refractivity contribution in [1.29, 1.82) is 0 Å². The molecule has 2 heteroatoms. The first kappa shape index (κ1) is 11.2. The number of alkyl halides is 1. The Morgan fingerprint density at radius 1 is 0.909 bits per heavy atom. The number of hydrogen-bond acceptors (Lipinski definition) is 1. The van der Waals surface area contributed by atoms with E-state index >= 15 is 0 Å². The molecular formula is C9H19ClO. The highest BCUT2D eigenvalue weighted by molar-refractivity contribution is 6.24. The highest BCUT2D eigenvalue weighted by Gasteiger charge is 2.46. The van der Waals surface area contributed by atoms with Crippen molar-refractivity contribution in [1.82, 2.24) is 0 Å². The van der Waals surface area contributed by atoms with E-state index in [0.29, 0.717) is 0 Å². The molecule has 0 amide bonds. The van der Waals surface area contributed by atoms with E-state index in [1.165, 1.54) is 0 Å². The summed E-state index contributed by atoms with van der Waals surface area (Å²) >= 11 is 6.15. The molecule has 0 atom stereocenters. The van der Waals surface area contributed by atoms with E-state index in [0.717, 1.165) is 0 Å². The SMILES string of the molecule is CC(C)(O)C(C)(C)C(C)(C)Cl. The minimum Gasteiger partial charge on any atom is -0.390 e. The summed E-state index contributed by atoms with van der Waals surface area (Å²) in [6.07, 6.45) is 0. The lowest BCUT2D eigenvalue weighted by molar-refractivity contribution is -0.0523. The largest absolute Gasteiger partial charge is 0.390 e. The molecule has 0 fully saturated rings. The lowest BCUT2D eigenvalue weighted by atomic mass is 9.69. The highest BCUT2D eigenvalue weighted by Crippen LogP contribution is 2.44. The maximum absolute atomic E-state index is 9.80. The highest BCUT2D eigenvalue weighted by atomic mass is 35.5. The Labute approximate surface area is 74.8 Å². The summed E-state index contributed by atoms with van der Waals surface area (Å²) in [7, 11) is 0. The smallest absolute Gasteiger partial charge is 0.0659 e. The van der Waals surface area contributed by atoms with Crippen molar-refractivity contribution >= 4 is 11.6 Å². The predicted molar refractivity (Wildman–Crippen MR) is 50.0 cm³/mol. The Morgan fingerprint density at radius 3 is 1.18 bits per heavy atom. The lowest BCUT2D eigenvalue weighted by Gasteiger charge is -2.45. The van der Waals surface area contributed by atoms with Crippen LogP contribution in [0.3, 0.4) is 0 Å². The van der Waals surface area contributed by atoms with Crippen molar-refractivity contribution in [2.75, 3.05) is 0 Å². The molecule has 0 aromatic heterocycles. The molecule has 1 nitrogen and oxygen atoms in total. The van der Waals surface area contributed by atoms with Gasteiger partial charge in [0.25, 0.3) is 0 Å². The van der Waals surface area contributed by atoms with E-state index < -0.39 is 10.5 Å². The molecule has 0 spiro atoms. The molecule has 11 heavy (non-hydrogen) atoms. The first-order valence-corrected chi connectivity index (χ1v) is 4.29. The van der Waals surface area contributed by atoms with Gasteiger partial charge in [-0.25, -0.2) is 0 Å². The summed E-state index contributed by atoms with van der Waals surface area (Å²) in [5, 5.41) is 9.80. The fraction of sp³-hybridized carbons (Fsp3) is 1.00. The van der Waals surface area contributed by atoms with Crippen molar-refractivity contribution in [3.05, 3.63) is 0 Å². The van der Waals surface area contributed by atoms with E-state index in [1.54, 1.807) is 13.8 Å². The Hall–Kier alpha value is 0.250. The third kappa shape index (κ3) is 2.09. The molecule has 0 heterocycles. The molecule has 0 aliphatic rings. The third-order valence-corrected chi connectivity index (χ3v) is 3.49. The van der Waals surface area contributed by atoms with E-state index in [2.05, 4.69) is 0 Å². The van der Waals surface area contributed by atoms with Crippen LogP contribution in [0.1, 0.15) is 41.5 Å². The van der Waals surface area contributed by atoms with Gasteiger partial charge in [0.2, 0.25) is 0 Å². The van der Waals surface area contributed by atoms with E-state index in [9.17, 15) is 5.11 Å². The number of rotatable bonds is 2. The van der Waals surface area contributed by atoms with Crippen LogP contribution in [-0.4, -0.2) is 15.6 Å². The van der Waals surface area contributed by atoms with Crippen molar-refractivity contribution in [3.63, 3.8) is 0 Å². The quantitative estimate of drug-likeness (QED) is 0.645. The van der Waals surface area contributed by atoms with Gasteiger partial charge in [0.15, 0.2) is 0 Å². The van der Waals surface area contributed by atoms with Crippen LogP contribution in [0.25, 0.3) is 0 Å². The van der Waals surface area contributed by atoms with Crippen LogP contribution in [0.2, 0.25) is 0 Å². The van der Waals surface area contributed by atoms with Crippen molar-refractivity contribution in [2.45, 2.75) is 52.0 Å². The molecule has 0 saturated carbocycles. The Balaban J connectivity index is 4.75. The first-order valence-electron chi connectivity index (χ1n) is 3.91. The van der Waals surface area contributed by atoms with Gasteiger partial charge in [-0.15, -0.1) is 11.6 Å². The van der Waals surface area contributed by atoms with Gasteiger partial charge >= 0.3 is 0 Å². The fourth-order valence-corrected chi connectivity index (χ4v) is 0.959. The van der Waals surface area contributed by atoms with Gasteiger partial charge < -0.3 is 5.11 Å².